The van der Waals surface area contributed by atoms with E-state index in [2.05, 4.69) is 71.8 Å². The molecule has 0 aliphatic carbocycles. The number of thioether (sulfide) groups is 1. The van der Waals surface area contributed by atoms with Crippen molar-refractivity contribution in [2.24, 2.45) is 5.41 Å². The van der Waals surface area contributed by atoms with Crippen LogP contribution in [0.3, 0.4) is 0 Å². The number of rotatable bonds is 4. The van der Waals surface area contributed by atoms with Gasteiger partial charge in [-0.25, -0.2) is 4.98 Å². The maximum atomic E-state index is 6.62. The highest BCUT2D eigenvalue weighted by Gasteiger charge is 2.32. The highest BCUT2D eigenvalue weighted by Crippen LogP contribution is 2.47. The van der Waals surface area contributed by atoms with Crippen LogP contribution in [0.2, 0.25) is 10.0 Å². The van der Waals surface area contributed by atoms with Crippen LogP contribution in [0.25, 0.3) is 17.1 Å². The summed E-state index contributed by atoms with van der Waals surface area (Å²) in [5.74, 6) is 0.822. The number of allylic oxidation sites excluding steroid dienone is 1. The lowest BCUT2D eigenvalue weighted by Crippen LogP contribution is -2.11. The Morgan fingerprint density at radius 1 is 1.13 bits per heavy atom. The summed E-state index contributed by atoms with van der Waals surface area (Å²) in [5, 5.41) is 4.80. The van der Waals surface area contributed by atoms with Crippen LogP contribution >= 0.6 is 50.9 Å². The van der Waals surface area contributed by atoms with Crippen LogP contribution in [0.1, 0.15) is 44.5 Å². The Balaban J connectivity index is 1.89. The summed E-state index contributed by atoms with van der Waals surface area (Å²) in [4.78, 5) is 6.47. The van der Waals surface area contributed by atoms with Gasteiger partial charge < -0.3 is 5.32 Å². The molecule has 1 aromatic heterocycles. The van der Waals surface area contributed by atoms with E-state index >= 15 is 0 Å². The van der Waals surface area contributed by atoms with Crippen molar-refractivity contribution in [2.75, 3.05) is 0 Å². The van der Waals surface area contributed by atoms with Gasteiger partial charge in [-0.2, -0.15) is 0 Å². The van der Waals surface area contributed by atoms with Crippen molar-refractivity contribution >= 4 is 50.9 Å². The van der Waals surface area contributed by atoms with Gasteiger partial charge in [0.05, 0.1) is 10.7 Å². The van der Waals surface area contributed by atoms with Gasteiger partial charge in [-0.3, -0.25) is 4.57 Å². The predicted octanol–water partition coefficient (Wildman–Crippen LogP) is 8.39. The molecule has 0 fully saturated rings. The first-order valence-corrected chi connectivity index (χ1v) is 12.6. The third-order valence-corrected chi connectivity index (χ3v) is 7.85. The Bertz CT molecular complexity index is 1150. The van der Waals surface area contributed by atoms with Crippen molar-refractivity contribution in [3.05, 3.63) is 79.5 Å². The van der Waals surface area contributed by atoms with Gasteiger partial charge in [0.2, 0.25) is 0 Å². The van der Waals surface area contributed by atoms with Crippen LogP contribution in [0.5, 0.6) is 0 Å². The molecule has 1 aliphatic rings. The fourth-order valence-corrected chi connectivity index (χ4v) is 5.55. The smallest absolute Gasteiger partial charge is 0.146 e. The molecule has 1 N–H and O–H groups in total. The molecule has 0 saturated carbocycles. The van der Waals surface area contributed by atoms with Gasteiger partial charge in [0.1, 0.15) is 11.2 Å². The zero-order valence-electron chi connectivity index (χ0n) is 17.8. The van der Waals surface area contributed by atoms with E-state index in [0.29, 0.717) is 10.0 Å². The molecule has 2 aromatic carbocycles. The van der Waals surface area contributed by atoms with Crippen LogP contribution in [0.15, 0.2) is 58.0 Å². The van der Waals surface area contributed by atoms with E-state index < -0.39 is 0 Å². The van der Waals surface area contributed by atoms with E-state index in [1.165, 1.54) is 4.91 Å². The van der Waals surface area contributed by atoms with E-state index in [9.17, 15) is 0 Å². The van der Waals surface area contributed by atoms with Crippen LogP contribution in [-0.2, 0) is 6.42 Å². The second-order valence-electron chi connectivity index (χ2n) is 8.48. The monoisotopic (exact) mass is 535 g/mol. The Hall–Kier alpha value is -1.40. The van der Waals surface area contributed by atoms with Gasteiger partial charge in [0.25, 0.3) is 0 Å². The van der Waals surface area contributed by atoms with Gasteiger partial charge in [-0.05, 0) is 54.3 Å². The Kier molecular flexibility index (Phi) is 6.51. The zero-order chi connectivity index (χ0) is 22.3. The fourth-order valence-electron chi connectivity index (χ4n) is 3.61. The maximum Gasteiger partial charge on any atom is 0.146 e. The lowest BCUT2D eigenvalue weighted by atomic mass is 9.97. The fraction of sp³-hybridized carbons (Fsp3) is 0.292. The van der Waals surface area contributed by atoms with Crippen LogP contribution in [-0.4, -0.2) is 9.55 Å². The summed E-state index contributed by atoms with van der Waals surface area (Å²) in [7, 11) is 0. The molecule has 7 heteroatoms. The molecule has 31 heavy (non-hydrogen) atoms. The topological polar surface area (TPSA) is 29.9 Å². The Labute approximate surface area is 206 Å². The van der Waals surface area contributed by atoms with Crippen LogP contribution in [0.4, 0.5) is 0 Å². The molecule has 0 amide bonds. The van der Waals surface area contributed by atoms with Crippen LogP contribution in [0, 0.1) is 5.41 Å². The summed E-state index contributed by atoms with van der Waals surface area (Å²) >= 11 is 18.2. The number of halogens is 3. The number of benzene rings is 2. The van der Waals surface area contributed by atoms with Crippen molar-refractivity contribution in [3.63, 3.8) is 0 Å². The SMILES string of the molecule is CCc1c(C2NC=C(C(C)(C)C)S2)nc(-c2ccc(Cl)cc2Cl)n1-c1ccc(Br)cc1. The zero-order valence-corrected chi connectivity index (χ0v) is 21.8. The third kappa shape index (κ3) is 4.56. The molecule has 1 atom stereocenters. The van der Waals surface area contributed by atoms with Gasteiger partial charge in [-0.1, -0.05) is 78.6 Å². The molecule has 1 unspecified atom stereocenters. The molecule has 0 spiro atoms. The van der Waals surface area contributed by atoms with E-state index in [1.54, 1.807) is 6.07 Å². The molecular formula is C24H24BrCl2N3S. The molecule has 3 nitrogen and oxygen atoms in total. The average molecular weight is 537 g/mol. The first-order valence-electron chi connectivity index (χ1n) is 10.1. The standard InChI is InChI=1S/C24H24BrCl2N3S/c1-5-19-21(23-28-13-20(31-23)24(2,3)4)29-22(17-11-8-15(26)12-18(17)27)30(19)16-9-6-14(25)7-10-16/h6-13,23,28H,5H2,1-4H3. The molecule has 2 heterocycles. The summed E-state index contributed by atoms with van der Waals surface area (Å²) in [6, 6.07) is 13.8. The Morgan fingerprint density at radius 3 is 2.42 bits per heavy atom. The van der Waals surface area contributed by atoms with Crippen LogP contribution < -0.4 is 5.32 Å². The normalized spacial score (nSPS) is 16.4. The van der Waals surface area contributed by atoms with Crippen molar-refractivity contribution in [1.82, 2.24) is 14.9 Å². The first kappa shape index (κ1) is 22.8. The predicted molar refractivity (Wildman–Crippen MR) is 137 cm³/mol. The minimum atomic E-state index is 0.0608. The van der Waals surface area contributed by atoms with E-state index in [4.69, 9.17) is 28.2 Å². The van der Waals surface area contributed by atoms with Crippen molar-refractivity contribution in [2.45, 2.75) is 39.5 Å². The molecule has 162 valence electrons. The van der Waals surface area contributed by atoms with Gasteiger partial charge in [0, 0.05) is 37.5 Å². The summed E-state index contributed by atoms with van der Waals surface area (Å²) in [5.41, 5.74) is 4.20. The quantitative estimate of drug-likeness (QED) is 0.363. The Morgan fingerprint density at radius 2 is 1.84 bits per heavy atom. The maximum absolute atomic E-state index is 6.62. The number of aromatic nitrogens is 2. The van der Waals surface area contributed by atoms with Crippen molar-refractivity contribution in [3.8, 4) is 17.1 Å². The van der Waals surface area contributed by atoms with E-state index in [1.807, 2.05) is 36.0 Å². The highest BCUT2D eigenvalue weighted by molar-refractivity contribution is 9.10. The highest BCUT2D eigenvalue weighted by atomic mass is 79.9. The summed E-state index contributed by atoms with van der Waals surface area (Å²) in [6.45, 7) is 8.86. The minimum absolute atomic E-state index is 0.0608. The molecule has 0 bridgehead atoms. The lowest BCUT2D eigenvalue weighted by molar-refractivity contribution is 0.532. The summed E-state index contributed by atoms with van der Waals surface area (Å²) in [6.07, 6.45) is 2.97. The van der Waals surface area contributed by atoms with Crippen molar-refractivity contribution < 1.29 is 0 Å². The number of imidazole rings is 1. The summed E-state index contributed by atoms with van der Waals surface area (Å²) < 4.78 is 3.25. The van der Waals surface area contributed by atoms with Crippen molar-refractivity contribution in [1.29, 1.82) is 0 Å². The molecule has 3 aromatic rings. The van der Waals surface area contributed by atoms with E-state index in [0.717, 1.165) is 39.4 Å². The second-order valence-corrected chi connectivity index (χ2v) is 11.4. The molecule has 4 rings (SSSR count). The lowest BCUT2D eigenvalue weighted by Gasteiger charge is -2.20. The van der Waals surface area contributed by atoms with Gasteiger partial charge in [0.15, 0.2) is 0 Å². The molecule has 0 radical (unpaired) electrons. The first-order chi connectivity index (χ1) is 14.7. The number of nitrogens with one attached hydrogen (secondary N) is 1. The molecular weight excluding hydrogens is 513 g/mol. The average Bonchev–Trinajstić information content (AvgIpc) is 3.33. The molecule has 0 saturated heterocycles. The second kappa shape index (κ2) is 8.86. The third-order valence-electron chi connectivity index (χ3n) is 5.19. The number of hydrogen-bond acceptors (Lipinski definition) is 3. The van der Waals surface area contributed by atoms with Gasteiger partial charge in [-0.15, -0.1) is 0 Å². The molecule has 1 aliphatic heterocycles. The largest absolute Gasteiger partial charge is 0.373 e. The number of nitrogens with zero attached hydrogens (tertiary/aromatic N) is 2. The van der Waals surface area contributed by atoms with Gasteiger partial charge >= 0.3 is 0 Å². The number of hydrogen-bond donors (Lipinski definition) is 1. The minimum Gasteiger partial charge on any atom is -0.373 e. The van der Waals surface area contributed by atoms with E-state index in [-0.39, 0.29) is 10.8 Å².